The van der Waals surface area contributed by atoms with Crippen LogP contribution < -0.4 is 10.6 Å². The number of amides is 2. The van der Waals surface area contributed by atoms with E-state index >= 15 is 0 Å². The van der Waals surface area contributed by atoms with E-state index in [0.717, 1.165) is 180 Å². The predicted molar refractivity (Wildman–Crippen MR) is 434 cm³/mol. The molecule has 21 heteroatoms. The summed E-state index contributed by atoms with van der Waals surface area (Å²) in [5, 5.41) is 27.6. The maximum atomic E-state index is 14.9. The maximum Gasteiger partial charge on any atom is 0.470 e. The number of esters is 4. The number of ether oxygens (including phenoxy) is 6. The molecule has 1 fully saturated rings. The molecule has 0 aromatic rings. The van der Waals surface area contributed by atoms with Crippen LogP contribution in [0.3, 0.4) is 0 Å². The number of unbranched alkanes of at least 4 members (excludes halogenated alkanes) is 48. The molecular weight excluding hydrogens is 1390 g/mol. The number of aliphatic hydroxyl groups is 2. The molecule has 0 bridgehead atoms. The van der Waals surface area contributed by atoms with E-state index < -0.39 is 119 Å². The number of carbonyl (C=O) groups excluding carboxylic acids is 6. The fraction of sp³-hybridized carbons (Fsp3) is 0.931. The van der Waals surface area contributed by atoms with Crippen molar-refractivity contribution in [1.29, 1.82) is 0 Å². The number of phosphoric acid groups is 1. The molecule has 1 unspecified atom stereocenters. The summed E-state index contributed by atoms with van der Waals surface area (Å²) in [6, 6.07) is -2.81. The lowest BCUT2D eigenvalue weighted by Crippen LogP contribution is -2.66. The van der Waals surface area contributed by atoms with E-state index in [2.05, 4.69) is 52.2 Å². The predicted octanol–water partition coefficient (Wildman–Crippen LogP) is 21.5. The van der Waals surface area contributed by atoms with Crippen molar-refractivity contribution in [2.75, 3.05) is 19.8 Å². The van der Waals surface area contributed by atoms with Crippen LogP contribution in [0.2, 0.25) is 0 Å². The van der Waals surface area contributed by atoms with Crippen molar-refractivity contribution in [2.45, 2.75) is 501 Å². The first kappa shape index (κ1) is 103. The van der Waals surface area contributed by atoms with Gasteiger partial charge in [0.2, 0.25) is 11.8 Å². The highest BCUT2D eigenvalue weighted by Crippen LogP contribution is 2.42. The highest BCUT2D eigenvalue weighted by atomic mass is 31.2. The van der Waals surface area contributed by atoms with Gasteiger partial charge in [0, 0.05) is 19.3 Å². The Labute approximate surface area is 658 Å². The third-order valence-corrected chi connectivity index (χ3v) is 21.7. The van der Waals surface area contributed by atoms with Crippen LogP contribution in [0.5, 0.6) is 0 Å². The summed E-state index contributed by atoms with van der Waals surface area (Å²) >= 11 is 0. The maximum absolute atomic E-state index is 14.9. The van der Waals surface area contributed by atoms with Crippen molar-refractivity contribution < 1.29 is 86.3 Å². The second-order valence-electron chi connectivity index (χ2n) is 31.6. The Hall–Kier alpha value is -3.23. The number of phosphoric ester groups is 1. The van der Waals surface area contributed by atoms with Gasteiger partial charge in [-0.25, -0.2) is 4.57 Å². The SMILES string of the molecule is CCCCCCCCCCCC(=O)O[C@H](CCCCCCCCCCC)CC(=O)N[C@@H](CO)COC1O[C@H](CO)[C@@H](OP(=O)(O)O)[C@H](OC(=O)C[C@@H](CCCCCCCCCCC)OC(=O)CCCCCCCCCCC)[C@H]1NC(=O)C[C@@H](CCCCCCCCCCC)OC(=O)CCCCCCCCCCC. The number of carbonyl (C=O) groups is 6. The summed E-state index contributed by atoms with van der Waals surface area (Å²) in [7, 11) is -5.52. The average Bonchev–Trinajstić information content (AvgIpc) is 0.780. The summed E-state index contributed by atoms with van der Waals surface area (Å²) in [4.78, 5) is 106. The van der Waals surface area contributed by atoms with Gasteiger partial charge in [-0.2, -0.15) is 0 Å². The fourth-order valence-corrected chi connectivity index (χ4v) is 15.2. The lowest BCUT2D eigenvalue weighted by atomic mass is 9.95. The minimum absolute atomic E-state index is 0.152. The topological polar surface area (TPSA) is 289 Å². The molecule has 6 N–H and O–H groups in total. The molecule has 1 aliphatic rings. The summed E-state index contributed by atoms with van der Waals surface area (Å²) in [6.07, 6.45) is 48.2. The van der Waals surface area contributed by atoms with Crippen LogP contribution in [0.25, 0.3) is 0 Å². The average molecular weight is 1560 g/mol. The largest absolute Gasteiger partial charge is 0.470 e. The molecule has 1 saturated heterocycles. The number of nitrogens with one attached hydrogen (secondary N) is 2. The van der Waals surface area contributed by atoms with Crippen molar-refractivity contribution in [3.8, 4) is 0 Å². The van der Waals surface area contributed by atoms with E-state index in [1.807, 2.05) is 0 Å². The van der Waals surface area contributed by atoms with Gasteiger partial charge in [-0.05, 0) is 57.8 Å². The standard InChI is InChI=1S/C87H165N2O18P/c1-7-13-19-25-31-37-43-49-55-61-74(102-80(94)64-58-52-46-40-34-28-22-16-10-4)67-78(92)88-73(70-90)72-101-87-84(89-79(93)68-75(62-56-50-44-38-32-26-20-14-8-2)103-81(95)65-59-53-47-41-35-29-23-17-11-5)86(85(77(71-91)105-87)107-108(98,99)100)106-83(97)69-76(63-57-51-45-39-33-27-21-15-9-3)104-82(96)66-60-54-48-42-36-30-24-18-12-6/h73-77,84-87,90-91H,7-72H2,1-6H3,(H,88,92)(H,89,93)(H2,98,99,100)/t73-,74+,75+,76+,77+,84+,85+,86+,87?/m0/s1. The smallest absolute Gasteiger partial charge is 0.462 e. The van der Waals surface area contributed by atoms with Gasteiger partial charge < -0.3 is 59.1 Å². The van der Waals surface area contributed by atoms with Crippen molar-refractivity contribution in [1.82, 2.24) is 10.6 Å². The van der Waals surface area contributed by atoms with Crippen LogP contribution in [0.1, 0.15) is 446 Å². The van der Waals surface area contributed by atoms with Crippen LogP contribution in [0.4, 0.5) is 0 Å². The van der Waals surface area contributed by atoms with Crippen LogP contribution in [-0.2, 0) is 66.3 Å². The van der Waals surface area contributed by atoms with Gasteiger partial charge in [0.25, 0.3) is 0 Å². The molecule has 0 radical (unpaired) electrons. The van der Waals surface area contributed by atoms with Gasteiger partial charge in [0.05, 0.1) is 45.1 Å². The van der Waals surface area contributed by atoms with E-state index in [0.29, 0.717) is 51.4 Å². The van der Waals surface area contributed by atoms with Crippen LogP contribution in [-0.4, -0.2) is 131 Å². The van der Waals surface area contributed by atoms with Gasteiger partial charge in [-0.3, -0.25) is 33.3 Å². The monoisotopic (exact) mass is 1560 g/mol. The van der Waals surface area contributed by atoms with E-state index in [1.165, 1.54) is 135 Å². The Balaban J connectivity index is 3.80. The first-order valence-electron chi connectivity index (χ1n) is 45.1. The quantitative estimate of drug-likeness (QED) is 0.0143. The summed E-state index contributed by atoms with van der Waals surface area (Å²) in [5.41, 5.74) is 0. The molecule has 1 rings (SSSR count). The van der Waals surface area contributed by atoms with Crippen LogP contribution in [0, 0.1) is 0 Å². The number of hydrogen-bond donors (Lipinski definition) is 6. The first-order chi connectivity index (χ1) is 52.5. The van der Waals surface area contributed by atoms with E-state index in [4.69, 9.17) is 32.9 Å². The molecular formula is C87H165N2O18P. The van der Waals surface area contributed by atoms with Crippen LogP contribution >= 0.6 is 7.82 Å². The fourth-order valence-electron chi connectivity index (χ4n) is 14.6. The van der Waals surface area contributed by atoms with E-state index in [1.54, 1.807) is 0 Å². The lowest BCUT2D eigenvalue weighted by Gasteiger charge is -2.45. The molecule has 636 valence electrons. The van der Waals surface area contributed by atoms with Gasteiger partial charge >= 0.3 is 31.7 Å². The molecule has 108 heavy (non-hydrogen) atoms. The third-order valence-electron chi connectivity index (χ3n) is 21.2. The second-order valence-corrected chi connectivity index (χ2v) is 32.8. The minimum atomic E-state index is -5.52. The second kappa shape index (κ2) is 72.7. The molecule has 2 amide bonds. The Kier molecular flexibility index (Phi) is 69.2. The zero-order chi connectivity index (χ0) is 79.2. The number of rotatable bonds is 79. The molecule has 20 nitrogen and oxygen atoms in total. The highest BCUT2D eigenvalue weighted by molar-refractivity contribution is 7.46. The Morgan fingerprint density at radius 1 is 0.370 bits per heavy atom. The summed E-state index contributed by atoms with van der Waals surface area (Å²) in [6.45, 7) is 11.1. The third kappa shape index (κ3) is 60.4. The zero-order valence-corrected chi connectivity index (χ0v) is 70.7. The first-order valence-corrected chi connectivity index (χ1v) is 46.6. The van der Waals surface area contributed by atoms with Gasteiger partial charge in [-0.1, -0.05) is 350 Å². The van der Waals surface area contributed by atoms with Gasteiger partial charge in [0.1, 0.15) is 36.6 Å². The zero-order valence-electron chi connectivity index (χ0n) is 69.8. The molecule has 0 spiro atoms. The Morgan fingerprint density at radius 3 is 0.954 bits per heavy atom. The molecule has 0 aromatic carbocycles. The van der Waals surface area contributed by atoms with E-state index in [9.17, 15) is 53.3 Å². The Morgan fingerprint density at radius 2 is 0.657 bits per heavy atom. The lowest BCUT2D eigenvalue weighted by molar-refractivity contribution is -0.272. The molecule has 1 aliphatic heterocycles. The number of hydrogen-bond acceptors (Lipinski definition) is 16. The molecule has 0 aromatic heterocycles. The van der Waals surface area contributed by atoms with Gasteiger partial charge in [-0.15, -0.1) is 0 Å². The minimum Gasteiger partial charge on any atom is -0.462 e. The molecule has 9 atom stereocenters. The van der Waals surface area contributed by atoms with E-state index in [-0.39, 0.29) is 38.1 Å². The normalized spacial score (nSPS) is 17.1. The summed E-state index contributed by atoms with van der Waals surface area (Å²) in [5.74, 6) is -3.49. The number of aliphatic hydroxyl groups excluding tert-OH is 2. The Bertz CT molecular complexity index is 2190. The highest BCUT2D eigenvalue weighted by Gasteiger charge is 2.52. The molecule has 0 saturated carbocycles. The van der Waals surface area contributed by atoms with Crippen molar-refractivity contribution in [2.24, 2.45) is 0 Å². The van der Waals surface area contributed by atoms with Gasteiger partial charge in [0.15, 0.2) is 12.4 Å². The molecule has 1 heterocycles. The summed E-state index contributed by atoms with van der Waals surface area (Å²) < 4.78 is 55.6. The van der Waals surface area contributed by atoms with Crippen LogP contribution in [0.15, 0.2) is 0 Å². The molecule has 0 aliphatic carbocycles. The van der Waals surface area contributed by atoms with Crippen molar-refractivity contribution in [3.05, 3.63) is 0 Å². The van der Waals surface area contributed by atoms with Crippen molar-refractivity contribution >= 4 is 43.5 Å². The van der Waals surface area contributed by atoms with Crippen molar-refractivity contribution in [3.63, 3.8) is 0 Å².